The Labute approximate surface area is 212 Å². The largest absolute Gasteiger partial charge is 0.486 e. The van der Waals surface area contributed by atoms with Crippen molar-refractivity contribution in [1.29, 1.82) is 0 Å². The number of benzene rings is 2. The molecule has 1 saturated carbocycles. The maximum Gasteiger partial charge on any atom is 0.262 e. The molecule has 1 heterocycles. The lowest BCUT2D eigenvalue weighted by Crippen LogP contribution is -2.50. The fraction of sp³-hybridized carbons (Fsp3) is 0.500. The number of anilines is 1. The molecule has 1 fully saturated rings. The molecule has 2 N–H and O–H groups in total. The number of ether oxygens (including phenoxy) is 1. The standard InChI is InChI=1S/C26H34FN3O5S/c1-17-13-30(18(2)16-31)26(32)22-5-4-6-23(28-36(33,34)21-11-9-20(27)10-12-21)25(22)35-24(17)15-29(3)14-19-7-8-19/h4-6,9-12,17-19,24,28,31H,7-8,13-16H2,1-3H3/t17-,18+,24-/m1/s1. The number of aliphatic hydroxyl groups is 1. The van der Waals surface area contributed by atoms with Gasteiger partial charge in [0.05, 0.1) is 28.8 Å². The van der Waals surface area contributed by atoms with Crippen molar-refractivity contribution in [1.82, 2.24) is 9.80 Å². The van der Waals surface area contributed by atoms with Gasteiger partial charge in [-0.2, -0.15) is 0 Å². The molecule has 0 spiro atoms. The maximum absolute atomic E-state index is 13.5. The van der Waals surface area contributed by atoms with Crippen LogP contribution in [0.15, 0.2) is 47.4 Å². The van der Waals surface area contributed by atoms with Gasteiger partial charge in [0.2, 0.25) is 0 Å². The van der Waals surface area contributed by atoms with Crippen LogP contribution in [-0.4, -0.2) is 74.7 Å². The number of rotatable bonds is 9. The van der Waals surface area contributed by atoms with Gasteiger partial charge < -0.3 is 19.6 Å². The van der Waals surface area contributed by atoms with Gasteiger partial charge in [-0.25, -0.2) is 12.8 Å². The van der Waals surface area contributed by atoms with Crippen molar-refractivity contribution in [3.05, 3.63) is 53.8 Å². The second-order valence-corrected chi connectivity index (χ2v) is 11.7. The fourth-order valence-corrected chi connectivity index (χ4v) is 5.54. The predicted molar refractivity (Wildman–Crippen MR) is 135 cm³/mol. The molecule has 36 heavy (non-hydrogen) atoms. The van der Waals surface area contributed by atoms with E-state index < -0.39 is 21.9 Å². The SMILES string of the molecule is C[C@@H]1CN([C@@H](C)CO)C(=O)c2cccc(NS(=O)(=O)c3ccc(F)cc3)c2O[C@@H]1CN(C)CC1CC1. The molecule has 8 nitrogen and oxygen atoms in total. The molecule has 2 aromatic rings. The Morgan fingerprint density at radius 1 is 1.19 bits per heavy atom. The first-order valence-corrected chi connectivity index (χ1v) is 13.8. The van der Waals surface area contributed by atoms with Gasteiger partial charge in [0.1, 0.15) is 11.9 Å². The Hall–Kier alpha value is -2.69. The minimum atomic E-state index is -4.07. The van der Waals surface area contributed by atoms with Gasteiger partial charge in [-0.05, 0) is 69.1 Å². The molecule has 196 valence electrons. The zero-order chi connectivity index (χ0) is 26.0. The highest BCUT2D eigenvalue weighted by molar-refractivity contribution is 7.92. The minimum Gasteiger partial charge on any atom is -0.486 e. The minimum absolute atomic E-state index is 0.0838. The molecule has 0 unspecified atom stereocenters. The van der Waals surface area contributed by atoms with E-state index in [2.05, 4.69) is 9.62 Å². The summed E-state index contributed by atoms with van der Waals surface area (Å²) in [7, 11) is -2.03. The van der Waals surface area contributed by atoms with E-state index in [0.717, 1.165) is 18.7 Å². The summed E-state index contributed by atoms with van der Waals surface area (Å²) in [4.78, 5) is 17.3. The van der Waals surface area contributed by atoms with Crippen molar-refractivity contribution in [2.24, 2.45) is 11.8 Å². The lowest BCUT2D eigenvalue weighted by atomic mass is 9.99. The van der Waals surface area contributed by atoms with E-state index in [1.807, 2.05) is 14.0 Å². The van der Waals surface area contributed by atoms with E-state index in [-0.39, 0.29) is 46.4 Å². The van der Waals surface area contributed by atoms with E-state index in [0.29, 0.717) is 19.0 Å². The summed E-state index contributed by atoms with van der Waals surface area (Å²) in [6.07, 6.45) is 2.12. The second kappa shape index (κ2) is 10.7. The number of halogens is 1. The Balaban J connectivity index is 1.72. The molecule has 0 aromatic heterocycles. The number of carbonyl (C=O) groups excluding carboxylic acids is 1. The van der Waals surface area contributed by atoms with Gasteiger partial charge in [-0.1, -0.05) is 13.0 Å². The molecule has 3 atom stereocenters. The normalized spacial score (nSPS) is 21.4. The average Bonchev–Trinajstić information content (AvgIpc) is 3.65. The summed E-state index contributed by atoms with van der Waals surface area (Å²) in [5, 5.41) is 9.82. The Kier molecular flexibility index (Phi) is 7.87. The van der Waals surface area contributed by atoms with Crippen LogP contribution in [-0.2, 0) is 10.0 Å². The Morgan fingerprint density at radius 3 is 2.53 bits per heavy atom. The number of hydrogen-bond acceptors (Lipinski definition) is 6. The highest BCUT2D eigenvalue weighted by atomic mass is 32.2. The summed E-state index contributed by atoms with van der Waals surface area (Å²) in [5.41, 5.74) is 0.349. The van der Waals surface area contributed by atoms with Crippen molar-refractivity contribution < 1.29 is 27.4 Å². The molecule has 4 rings (SSSR count). The van der Waals surface area contributed by atoms with Crippen molar-refractivity contribution in [3.63, 3.8) is 0 Å². The summed E-state index contributed by atoms with van der Waals surface area (Å²) in [6.45, 7) is 5.53. The third kappa shape index (κ3) is 5.99. The molecular weight excluding hydrogens is 485 g/mol. The summed E-state index contributed by atoms with van der Waals surface area (Å²) in [5.74, 6) is -0.125. The number of carbonyl (C=O) groups is 1. The number of sulfonamides is 1. The topological polar surface area (TPSA) is 99.2 Å². The number of nitrogens with zero attached hydrogens (tertiary/aromatic N) is 2. The van der Waals surface area contributed by atoms with Gasteiger partial charge in [-0.3, -0.25) is 9.52 Å². The molecular formula is C26H34FN3O5S. The van der Waals surface area contributed by atoms with Crippen LogP contribution in [0, 0.1) is 17.7 Å². The quantitative estimate of drug-likeness (QED) is 0.528. The molecule has 0 saturated heterocycles. The van der Waals surface area contributed by atoms with Gasteiger partial charge in [0, 0.05) is 25.6 Å². The van der Waals surface area contributed by atoms with Gasteiger partial charge in [-0.15, -0.1) is 0 Å². The zero-order valence-corrected chi connectivity index (χ0v) is 21.7. The molecule has 10 heteroatoms. The molecule has 1 aliphatic heterocycles. The molecule has 0 bridgehead atoms. The zero-order valence-electron chi connectivity index (χ0n) is 20.9. The summed E-state index contributed by atoms with van der Waals surface area (Å²) in [6, 6.07) is 8.82. The third-order valence-electron chi connectivity index (χ3n) is 6.82. The highest BCUT2D eigenvalue weighted by Crippen LogP contribution is 2.36. The van der Waals surface area contributed by atoms with E-state index in [4.69, 9.17) is 4.74 Å². The van der Waals surface area contributed by atoms with Crippen LogP contribution in [0.25, 0.3) is 0 Å². The third-order valence-corrected chi connectivity index (χ3v) is 8.20. The van der Waals surface area contributed by atoms with E-state index in [1.54, 1.807) is 30.0 Å². The number of fused-ring (bicyclic) bond motifs is 1. The fourth-order valence-electron chi connectivity index (χ4n) is 4.48. The molecule has 2 aliphatic rings. The first-order valence-electron chi connectivity index (χ1n) is 12.3. The average molecular weight is 520 g/mol. The number of amides is 1. The van der Waals surface area contributed by atoms with Crippen LogP contribution in [0.4, 0.5) is 10.1 Å². The lowest BCUT2D eigenvalue weighted by molar-refractivity contribution is 0.0346. The lowest BCUT2D eigenvalue weighted by Gasteiger charge is -2.38. The van der Waals surface area contributed by atoms with E-state index in [1.165, 1.54) is 25.0 Å². The molecule has 1 amide bonds. The first-order chi connectivity index (χ1) is 17.1. The molecule has 2 aromatic carbocycles. The Morgan fingerprint density at radius 2 is 1.89 bits per heavy atom. The van der Waals surface area contributed by atoms with Crippen LogP contribution in [0.1, 0.15) is 37.0 Å². The molecule has 1 aliphatic carbocycles. The van der Waals surface area contributed by atoms with Crippen molar-refractivity contribution in [2.75, 3.05) is 38.0 Å². The predicted octanol–water partition coefficient (Wildman–Crippen LogP) is 3.19. The van der Waals surface area contributed by atoms with Crippen LogP contribution >= 0.6 is 0 Å². The number of likely N-dealkylation sites (N-methyl/N-ethyl adjacent to an activating group) is 1. The van der Waals surface area contributed by atoms with Crippen LogP contribution in [0.2, 0.25) is 0 Å². The number of para-hydroxylation sites is 1. The van der Waals surface area contributed by atoms with Crippen LogP contribution in [0.3, 0.4) is 0 Å². The molecule has 0 radical (unpaired) electrons. The van der Waals surface area contributed by atoms with E-state index >= 15 is 0 Å². The van der Waals surface area contributed by atoms with Crippen molar-refractivity contribution in [2.45, 2.75) is 43.7 Å². The van der Waals surface area contributed by atoms with Crippen molar-refractivity contribution >= 4 is 21.6 Å². The summed E-state index contributed by atoms with van der Waals surface area (Å²) >= 11 is 0. The van der Waals surface area contributed by atoms with Crippen molar-refractivity contribution in [3.8, 4) is 5.75 Å². The monoisotopic (exact) mass is 519 g/mol. The number of nitrogens with one attached hydrogen (secondary N) is 1. The van der Waals surface area contributed by atoms with Crippen LogP contribution < -0.4 is 9.46 Å². The Bertz CT molecular complexity index is 1190. The summed E-state index contributed by atoms with van der Waals surface area (Å²) < 4.78 is 48.5. The highest BCUT2D eigenvalue weighted by Gasteiger charge is 2.35. The number of hydrogen-bond donors (Lipinski definition) is 2. The van der Waals surface area contributed by atoms with Gasteiger partial charge in [0.15, 0.2) is 5.75 Å². The number of aliphatic hydroxyl groups excluding tert-OH is 1. The van der Waals surface area contributed by atoms with E-state index in [9.17, 15) is 22.7 Å². The van der Waals surface area contributed by atoms with Gasteiger partial charge >= 0.3 is 0 Å². The maximum atomic E-state index is 13.5. The second-order valence-electron chi connectivity index (χ2n) is 10.0. The first kappa shape index (κ1) is 26.4. The van der Waals surface area contributed by atoms with Gasteiger partial charge in [0.25, 0.3) is 15.9 Å². The smallest absolute Gasteiger partial charge is 0.262 e. The van der Waals surface area contributed by atoms with Crippen LogP contribution in [0.5, 0.6) is 5.75 Å².